The van der Waals surface area contributed by atoms with Gasteiger partial charge in [0.05, 0.1) is 12.3 Å². The van der Waals surface area contributed by atoms with Gasteiger partial charge in [-0.2, -0.15) is 4.63 Å². The molecule has 44 heavy (non-hydrogen) atoms. The van der Waals surface area contributed by atoms with Gasteiger partial charge in [0.2, 0.25) is 0 Å². The van der Waals surface area contributed by atoms with Gasteiger partial charge in [0, 0.05) is 22.2 Å². The highest BCUT2D eigenvalue weighted by Gasteiger charge is 2.24. The fraction of sp³-hybridized carbons (Fsp3) is 0.528. The number of anilines is 1. The smallest absolute Gasteiger partial charge is 0.255 e. The Hall–Kier alpha value is -3.32. The second-order valence-corrected chi connectivity index (χ2v) is 13.3. The van der Waals surface area contributed by atoms with Crippen molar-refractivity contribution < 1.29 is 9.53 Å². The van der Waals surface area contributed by atoms with E-state index in [1.54, 1.807) is 16.8 Å². The van der Waals surface area contributed by atoms with Crippen LogP contribution in [0.25, 0.3) is 17.0 Å². The number of carbonyl (C=O) groups excluding carboxylic acids is 1. The number of amides is 1. The number of fused-ring (bicyclic) bond motifs is 1. The Morgan fingerprint density at radius 2 is 1.52 bits per heavy atom. The third-order valence-electron chi connectivity index (χ3n) is 8.12. The summed E-state index contributed by atoms with van der Waals surface area (Å²) in [5.41, 5.74) is 4.33. The number of hydrogen-bond acceptors (Lipinski definition) is 4. The molecule has 0 atom stereocenters. The number of unbranched alkanes of at least 4 members (excludes halogenated alkanes) is 11. The average Bonchev–Trinajstić information content (AvgIpc) is 3.56. The molecule has 8 heteroatoms. The molecule has 2 aromatic carbocycles. The Morgan fingerprint density at radius 3 is 2.11 bits per heavy atom. The lowest BCUT2D eigenvalue weighted by atomic mass is 9.92. The molecule has 4 rings (SSSR count). The normalized spacial score (nSPS) is 11.8. The summed E-state index contributed by atoms with van der Waals surface area (Å²) in [6, 6.07) is 13.1. The number of hydrogen-bond donors (Lipinski definition) is 2. The summed E-state index contributed by atoms with van der Waals surface area (Å²) in [5, 5.41) is 11.5. The van der Waals surface area contributed by atoms with Crippen LogP contribution in [0.2, 0.25) is 5.02 Å². The van der Waals surface area contributed by atoms with Crippen LogP contribution < -0.4 is 10.1 Å². The molecule has 0 fully saturated rings. The highest BCUT2D eigenvalue weighted by molar-refractivity contribution is 6.34. The molecule has 0 radical (unpaired) electrons. The molecule has 0 aliphatic heterocycles. The van der Waals surface area contributed by atoms with E-state index in [4.69, 9.17) is 16.3 Å². The second kappa shape index (κ2) is 16.1. The van der Waals surface area contributed by atoms with Gasteiger partial charge in [0.25, 0.3) is 5.91 Å². The zero-order valence-corrected chi connectivity index (χ0v) is 28.0. The number of rotatable bonds is 17. The number of aryl methyl sites for hydroxylation is 1. The number of nitrogens with one attached hydrogen (secondary N) is 2. The molecule has 238 valence electrons. The zero-order chi connectivity index (χ0) is 31.5. The summed E-state index contributed by atoms with van der Waals surface area (Å²) in [7, 11) is 0. The molecular weight excluding hydrogens is 570 g/mol. The van der Waals surface area contributed by atoms with Crippen LogP contribution in [0, 0.1) is 6.92 Å². The summed E-state index contributed by atoms with van der Waals surface area (Å²) in [6.45, 7) is 11.2. The number of halogens is 1. The van der Waals surface area contributed by atoms with E-state index < -0.39 is 0 Å². The van der Waals surface area contributed by atoms with Crippen LogP contribution in [-0.2, 0) is 5.41 Å². The molecule has 0 unspecified atom stereocenters. The third kappa shape index (κ3) is 9.34. The second-order valence-electron chi connectivity index (χ2n) is 13.0. The maximum Gasteiger partial charge on any atom is 0.255 e. The number of benzene rings is 2. The summed E-state index contributed by atoms with van der Waals surface area (Å²) in [4.78, 5) is 17.7. The van der Waals surface area contributed by atoms with Crippen LogP contribution in [0.15, 0.2) is 42.5 Å². The molecule has 2 aromatic heterocycles. The average molecular weight is 620 g/mol. The number of ether oxygens (including phenoxy) is 1. The Kier molecular flexibility index (Phi) is 12.3. The topological polar surface area (TPSA) is 84.3 Å². The van der Waals surface area contributed by atoms with Crippen LogP contribution in [0.4, 0.5) is 5.69 Å². The number of H-pyrrole nitrogens is 1. The minimum absolute atomic E-state index is 0.155. The molecule has 0 aliphatic carbocycles. The molecular formula is C36H50ClN5O2. The van der Waals surface area contributed by atoms with Crippen molar-refractivity contribution in [3.05, 3.63) is 64.3 Å². The van der Waals surface area contributed by atoms with Gasteiger partial charge >= 0.3 is 0 Å². The summed E-state index contributed by atoms with van der Waals surface area (Å²) in [5.74, 6) is 1.14. The minimum atomic E-state index is -0.180. The number of aromatic amines is 1. The molecule has 0 saturated carbocycles. The van der Waals surface area contributed by atoms with E-state index in [1.165, 1.54) is 70.6 Å². The van der Waals surface area contributed by atoms with E-state index in [0.717, 1.165) is 29.0 Å². The SMILES string of the molecule is CCCCCCCCCCCCCCOc1ccc(C(=O)Nc2cc(-c3nc4c(Cl)c(C(C)(C)C)[nH]n4n3)ccc2C)cc1. The minimum Gasteiger partial charge on any atom is -0.494 e. The number of carbonyl (C=O) groups is 1. The van der Waals surface area contributed by atoms with Crippen molar-refractivity contribution in [1.29, 1.82) is 0 Å². The van der Waals surface area contributed by atoms with Crippen molar-refractivity contribution in [3.63, 3.8) is 0 Å². The van der Waals surface area contributed by atoms with Crippen LogP contribution in [-0.4, -0.2) is 32.3 Å². The quantitative estimate of drug-likeness (QED) is 0.115. The maximum atomic E-state index is 13.1. The number of aromatic nitrogens is 4. The molecule has 4 aromatic rings. The summed E-state index contributed by atoms with van der Waals surface area (Å²) < 4.78 is 7.54. The summed E-state index contributed by atoms with van der Waals surface area (Å²) >= 11 is 6.61. The molecule has 0 bridgehead atoms. The van der Waals surface area contributed by atoms with E-state index in [2.05, 4.69) is 48.2 Å². The largest absolute Gasteiger partial charge is 0.494 e. The molecule has 2 heterocycles. The molecule has 0 spiro atoms. The Balaban J connectivity index is 1.21. The lowest BCUT2D eigenvalue weighted by molar-refractivity contribution is 0.102. The maximum absolute atomic E-state index is 13.1. The van der Waals surface area contributed by atoms with Crippen molar-refractivity contribution in [3.8, 4) is 17.1 Å². The summed E-state index contributed by atoms with van der Waals surface area (Å²) in [6.07, 6.45) is 15.9. The predicted octanol–water partition coefficient (Wildman–Crippen LogP) is 10.3. The fourth-order valence-corrected chi connectivity index (χ4v) is 5.79. The standard InChI is InChI=1S/C36H50ClN5O2/c1-6-7-8-9-10-11-12-13-14-15-16-17-24-44-29-22-20-27(21-23-29)35(43)38-30-25-28(19-18-26(30)2)33-39-34-31(37)32(36(3,4)5)40-42(34)41-33/h18-23,25,40H,6-17,24H2,1-5H3,(H,38,43). The first-order valence-electron chi connectivity index (χ1n) is 16.5. The van der Waals surface area contributed by atoms with Crippen molar-refractivity contribution in [2.45, 2.75) is 117 Å². The van der Waals surface area contributed by atoms with E-state index in [0.29, 0.717) is 34.4 Å². The highest BCUT2D eigenvalue weighted by atomic mass is 35.5. The van der Waals surface area contributed by atoms with Crippen LogP contribution >= 0.6 is 11.6 Å². The number of nitrogens with zero attached hydrogens (tertiary/aromatic N) is 3. The predicted molar refractivity (Wildman–Crippen MR) is 182 cm³/mol. The molecule has 2 N–H and O–H groups in total. The highest BCUT2D eigenvalue weighted by Crippen LogP contribution is 2.32. The first-order chi connectivity index (χ1) is 21.2. The first kappa shape index (κ1) is 33.6. The fourth-order valence-electron chi connectivity index (χ4n) is 5.34. The van der Waals surface area contributed by atoms with E-state index in [9.17, 15) is 4.79 Å². The van der Waals surface area contributed by atoms with Gasteiger partial charge in [-0.05, 0) is 49.2 Å². The van der Waals surface area contributed by atoms with Gasteiger partial charge in [0.15, 0.2) is 11.5 Å². The van der Waals surface area contributed by atoms with Gasteiger partial charge in [-0.3, -0.25) is 9.89 Å². The lowest BCUT2D eigenvalue weighted by Crippen LogP contribution is -2.13. The Bertz CT molecular complexity index is 1480. The van der Waals surface area contributed by atoms with Crippen LogP contribution in [0.5, 0.6) is 5.75 Å². The van der Waals surface area contributed by atoms with Gasteiger partial charge in [-0.25, -0.2) is 4.98 Å². The van der Waals surface area contributed by atoms with Crippen molar-refractivity contribution in [1.82, 2.24) is 19.8 Å². The van der Waals surface area contributed by atoms with Crippen molar-refractivity contribution in [2.24, 2.45) is 0 Å². The molecule has 7 nitrogen and oxygen atoms in total. The van der Waals surface area contributed by atoms with E-state index in [-0.39, 0.29) is 11.3 Å². The van der Waals surface area contributed by atoms with Crippen LogP contribution in [0.3, 0.4) is 0 Å². The van der Waals surface area contributed by atoms with Crippen molar-refractivity contribution in [2.75, 3.05) is 11.9 Å². The van der Waals surface area contributed by atoms with Crippen molar-refractivity contribution >= 4 is 28.8 Å². The Morgan fingerprint density at radius 1 is 0.909 bits per heavy atom. The monoisotopic (exact) mass is 619 g/mol. The van der Waals surface area contributed by atoms with Gasteiger partial charge in [-0.1, -0.05) is 122 Å². The van der Waals surface area contributed by atoms with Gasteiger partial charge in [-0.15, -0.1) is 5.10 Å². The van der Waals surface area contributed by atoms with E-state index >= 15 is 0 Å². The molecule has 0 saturated heterocycles. The zero-order valence-electron chi connectivity index (χ0n) is 27.3. The van der Waals surface area contributed by atoms with Gasteiger partial charge in [0.1, 0.15) is 10.8 Å². The van der Waals surface area contributed by atoms with Crippen LogP contribution in [0.1, 0.15) is 126 Å². The van der Waals surface area contributed by atoms with E-state index in [1.807, 2.05) is 37.3 Å². The molecule has 1 amide bonds. The third-order valence-corrected chi connectivity index (χ3v) is 8.48. The molecule has 0 aliphatic rings. The lowest BCUT2D eigenvalue weighted by Gasteiger charge is -2.16. The Labute approximate surface area is 268 Å². The first-order valence-corrected chi connectivity index (χ1v) is 16.8. The van der Waals surface area contributed by atoms with Gasteiger partial charge < -0.3 is 10.1 Å².